The Hall–Kier alpha value is -2.21. The average molecular weight is 358 g/mol. The van der Waals surface area contributed by atoms with Gasteiger partial charge in [0.2, 0.25) is 5.91 Å². The van der Waals surface area contributed by atoms with Crippen LogP contribution in [-0.2, 0) is 4.79 Å². The number of fused-ring (bicyclic) bond motifs is 1. The standard InChI is InChI=1S/C20H27FN4O/c1-14-11-18(16-5-4-6-17(21)20(16)23-14)24(3)12-15-7-9-25(10-8-15)13-19(26)22-2/h4-6,11,15H,7-10,12-13H2,1-3H3,(H,22,26). The first-order valence-corrected chi connectivity index (χ1v) is 9.18. The van der Waals surface area contributed by atoms with Gasteiger partial charge in [0.15, 0.2) is 0 Å². The predicted molar refractivity (Wildman–Crippen MR) is 103 cm³/mol. The molecule has 6 heteroatoms. The summed E-state index contributed by atoms with van der Waals surface area (Å²) in [6.45, 7) is 5.18. The third-order valence-electron chi connectivity index (χ3n) is 5.19. The summed E-state index contributed by atoms with van der Waals surface area (Å²) in [5.74, 6) is 0.364. The molecule has 1 N–H and O–H groups in total. The maximum absolute atomic E-state index is 14.1. The Balaban J connectivity index is 1.68. The second-order valence-corrected chi connectivity index (χ2v) is 7.19. The predicted octanol–water partition coefficient (Wildman–Crippen LogP) is 2.58. The summed E-state index contributed by atoms with van der Waals surface area (Å²) < 4.78 is 14.1. The number of anilines is 1. The number of carbonyl (C=O) groups excluding carboxylic acids is 1. The van der Waals surface area contributed by atoms with E-state index in [1.54, 1.807) is 13.1 Å². The first-order chi connectivity index (χ1) is 12.5. The summed E-state index contributed by atoms with van der Waals surface area (Å²) >= 11 is 0. The lowest BCUT2D eigenvalue weighted by Crippen LogP contribution is -2.42. The van der Waals surface area contributed by atoms with Crippen molar-refractivity contribution in [1.29, 1.82) is 0 Å². The number of nitrogens with one attached hydrogen (secondary N) is 1. The third-order valence-corrected chi connectivity index (χ3v) is 5.19. The van der Waals surface area contributed by atoms with Crippen LogP contribution in [-0.4, -0.2) is 56.1 Å². The number of para-hydroxylation sites is 1. The first-order valence-electron chi connectivity index (χ1n) is 9.18. The van der Waals surface area contributed by atoms with Gasteiger partial charge in [-0.3, -0.25) is 9.69 Å². The van der Waals surface area contributed by atoms with Gasteiger partial charge in [-0.15, -0.1) is 0 Å². The van der Waals surface area contributed by atoms with Gasteiger partial charge >= 0.3 is 0 Å². The minimum absolute atomic E-state index is 0.0707. The molecular weight excluding hydrogens is 331 g/mol. The average Bonchev–Trinajstić information content (AvgIpc) is 2.63. The number of benzene rings is 1. The second kappa shape index (κ2) is 7.99. The largest absolute Gasteiger partial charge is 0.374 e. The lowest BCUT2D eigenvalue weighted by molar-refractivity contribution is -0.122. The topological polar surface area (TPSA) is 48.5 Å². The lowest BCUT2D eigenvalue weighted by Gasteiger charge is -2.34. The molecule has 0 atom stereocenters. The van der Waals surface area contributed by atoms with Crippen LogP contribution >= 0.6 is 0 Å². The highest BCUT2D eigenvalue weighted by molar-refractivity contribution is 5.92. The number of likely N-dealkylation sites (N-methyl/N-ethyl adjacent to an activating group) is 1. The SMILES string of the molecule is CNC(=O)CN1CCC(CN(C)c2cc(C)nc3c(F)cccc23)CC1. The van der Waals surface area contributed by atoms with Crippen LogP contribution in [0.5, 0.6) is 0 Å². The number of likely N-dealkylation sites (tertiary alicyclic amines) is 1. The van der Waals surface area contributed by atoms with Gasteiger partial charge in [0.05, 0.1) is 6.54 Å². The summed E-state index contributed by atoms with van der Waals surface area (Å²) in [6, 6.07) is 7.16. The highest BCUT2D eigenvalue weighted by Gasteiger charge is 2.22. The fourth-order valence-electron chi connectivity index (χ4n) is 3.73. The molecule has 0 saturated carbocycles. The first kappa shape index (κ1) is 18.6. The Morgan fingerprint density at radius 1 is 1.38 bits per heavy atom. The Morgan fingerprint density at radius 2 is 2.12 bits per heavy atom. The number of carbonyl (C=O) groups is 1. The molecule has 1 saturated heterocycles. The smallest absolute Gasteiger partial charge is 0.233 e. The van der Waals surface area contributed by atoms with Gasteiger partial charge in [-0.05, 0) is 50.9 Å². The van der Waals surface area contributed by atoms with Crippen LogP contribution in [0.3, 0.4) is 0 Å². The Labute approximate surface area is 154 Å². The lowest BCUT2D eigenvalue weighted by atomic mass is 9.96. The van der Waals surface area contributed by atoms with Crippen molar-refractivity contribution in [3.63, 3.8) is 0 Å². The van der Waals surface area contributed by atoms with E-state index in [9.17, 15) is 9.18 Å². The molecule has 1 aliphatic rings. The van der Waals surface area contributed by atoms with E-state index in [1.165, 1.54) is 6.07 Å². The number of hydrogen-bond acceptors (Lipinski definition) is 4. The van der Waals surface area contributed by atoms with Gasteiger partial charge in [0, 0.05) is 37.4 Å². The van der Waals surface area contributed by atoms with Gasteiger partial charge in [0.1, 0.15) is 11.3 Å². The van der Waals surface area contributed by atoms with Crippen molar-refractivity contribution in [1.82, 2.24) is 15.2 Å². The summed E-state index contributed by atoms with van der Waals surface area (Å²) in [7, 11) is 3.74. The van der Waals surface area contributed by atoms with Crippen LogP contribution in [0.15, 0.2) is 24.3 Å². The van der Waals surface area contributed by atoms with Crippen LogP contribution in [0, 0.1) is 18.7 Å². The molecule has 0 unspecified atom stereocenters. The molecule has 1 aromatic heterocycles. The molecule has 0 bridgehead atoms. The molecule has 0 radical (unpaired) electrons. The van der Waals surface area contributed by atoms with Crippen molar-refractivity contribution in [2.75, 3.05) is 45.2 Å². The zero-order valence-corrected chi connectivity index (χ0v) is 15.8. The van der Waals surface area contributed by atoms with Gasteiger partial charge in [0.25, 0.3) is 0 Å². The zero-order chi connectivity index (χ0) is 18.7. The van der Waals surface area contributed by atoms with Crippen molar-refractivity contribution >= 4 is 22.5 Å². The van der Waals surface area contributed by atoms with E-state index in [-0.39, 0.29) is 11.7 Å². The van der Waals surface area contributed by atoms with E-state index < -0.39 is 0 Å². The van der Waals surface area contributed by atoms with Gasteiger partial charge < -0.3 is 10.2 Å². The second-order valence-electron chi connectivity index (χ2n) is 7.19. The van der Waals surface area contributed by atoms with Crippen molar-refractivity contribution in [3.05, 3.63) is 35.8 Å². The molecule has 5 nitrogen and oxygen atoms in total. The molecule has 0 aliphatic carbocycles. The van der Waals surface area contributed by atoms with E-state index in [0.717, 1.165) is 49.2 Å². The van der Waals surface area contributed by atoms with E-state index in [2.05, 4.69) is 27.1 Å². The fourth-order valence-corrected chi connectivity index (χ4v) is 3.73. The number of pyridine rings is 1. The number of aryl methyl sites for hydroxylation is 1. The van der Waals surface area contributed by atoms with Crippen LogP contribution in [0.4, 0.5) is 10.1 Å². The Kier molecular flexibility index (Phi) is 5.71. The molecule has 1 fully saturated rings. The molecule has 1 aromatic carbocycles. The quantitative estimate of drug-likeness (QED) is 0.893. The molecule has 1 amide bonds. The molecule has 2 aromatic rings. The number of piperidine rings is 1. The number of hydrogen-bond donors (Lipinski definition) is 1. The number of amides is 1. The monoisotopic (exact) mass is 358 g/mol. The van der Waals surface area contributed by atoms with Crippen LogP contribution in [0.1, 0.15) is 18.5 Å². The minimum atomic E-state index is -0.275. The molecule has 0 spiro atoms. The highest BCUT2D eigenvalue weighted by Crippen LogP contribution is 2.29. The van der Waals surface area contributed by atoms with E-state index in [1.807, 2.05) is 19.1 Å². The number of rotatable bonds is 5. The Bertz CT molecular complexity index is 787. The number of halogens is 1. The van der Waals surface area contributed by atoms with Crippen LogP contribution < -0.4 is 10.2 Å². The molecule has 3 rings (SSSR count). The molecular formula is C20H27FN4O. The summed E-state index contributed by atoms with van der Waals surface area (Å²) in [4.78, 5) is 20.3. The Morgan fingerprint density at radius 3 is 2.81 bits per heavy atom. The zero-order valence-electron chi connectivity index (χ0n) is 15.8. The van der Waals surface area contributed by atoms with Crippen molar-refractivity contribution in [3.8, 4) is 0 Å². The highest BCUT2D eigenvalue weighted by atomic mass is 19.1. The van der Waals surface area contributed by atoms with E-state index in [4.69, 9.17) is 0 Å². The molecule has 2 heterocycles. The third kappa shape index (κ3) is 4.12. The maximum atomic E-state index is 14.1. The van der Waals surface area contributed by atoms with Crippen molar-refractivity contribution in [2.24, 2.45) is 5.92 Å². The summed E-state index contributed by atoms with van der Waals surface area (Å²) in [6.07, 6.45) is 2.13. The number of aromatic nitrogens is 1. The summed E-state index contributed by atoms with van der Waals surface area (Å²) in [5.41, 5.74) is 2.29. The van der Waals surface area contributed by atoms with E-state index >= 15 is 0 Å². The molecule has 26 heavy (non-hydrogen) atoms. The molecule has 1 aliphatic heterocycles. The van der Waals surface area contributed by atoms with Gasteiger partial charge in [-0.2, -0.15) is 0 Å². The maximum Gasteiger partial charge on any atom is 0.233 e. The number of nitrogens with zero attached hydrogens (tertiary/aromatic N) is 3. The minimum Gasteiger partial charge on any atom is -0.374 e. The summed E-state index contributed by atoms with van der Waals surface area (Å²) in [5, 5.41) is 3.54. The van der Waals surface area contributed by atoms with E-state index in [0.29, 0.717) is 18.0 Å². The van der Waals surface area contributed by atoms with Gasteiger partial charge in [-0.25, -0.2) is 9.37 Å². The van der Waals surface area contributed by atoms with Gasteiger partial charge in [-0.1, -0.05) is 12.1 Å². The van der Waals surface area contributed by atoms with Crippen LogP contribution in [0.25, 0.3) is 10.9 Å². The van der Waals surface area contributed by atoms with Crippen molar-refractivity contribution in [2.45, 2.75) is 19.8 Å². The normalized spacial score (nSPS) is 16.0. The van der Waals surface area contributed by atoms with Crippen molar-refractivity contribution < 1.29 is 9.18 Å². The van der Waals surface area contributed by atoms with Crippen LogP contribution in [0.2, 0.25) is 0 Å². The molecule has 140 valence electrons. The fraction of sp³-hybridized carbons (Fsp3) is 0.500.